The number of carbonyl (C=O) groups excluding carboxylic acids is 1. The van der Waals surface area contributed by atoms with Crippen molar-refractivity contribution in [3.8, 4) is 0 Å². The van der Waals surface area contributed by atoms with E-state index in [1.165, 1.54) is 12.1 Å². The molecule has 1 saturated heterocycles. The highest BCUT2D eigenvalue weighted by Gasteiger charge is 2.21. The highest BCUT2D eigenvalue weighted by atomic mass is 19.1. The van der Waals surface area contributed by atoms with Crippen LogP contribution < -0.4 is 10.2 Å². The molecule has 122 valence electrons. The molecular formula is C16H20FN5O. The number of nitrogens with zero attached hydrogens (tertiary/aromatic N) is 4. The number of aromatic nitrogens is 2. The number of carbonyl (C=O) groups is 1. The highest BCUT2D eigenvalue weighted by molar-refractivity contribution is 5.92. The number of hydrogen-bond donors (Lipinski definition) is 1. The second-order valence-corrected chi connectivity index (χ2v) is 5.66. The van der Waals surface area contributed by atoms with Crippen molar-refractivity contribution >= 4 is 17.5 Å². The van der Waals surface area contributed by atoms with E-state index >= 15 is 0 Å². The molecule has 1 aliphatic heterocycles. The number of benzene rings is 1. The highest BCUT2D eigenvalue weighted by Crippen LogP contribution is 2.13. The van der Waals surface area contributed by atoms with E-state index in [4.69, 9.17) is 0 Å². The summed E-state index contributed by atoms with van der Waals surface area (Å²) in [5, 5.41) is 2.73. The second-order valence-electron chi connectivity index (χ2n) is 5.66. The van der Waals surface area contributed by atoms with Crippen LogP contribution in [0, 0.1) is 5.82 Å². The minimum Gasteiger partial charge on any atom is -0.340 e. The van der Waals surface area contributed by atoms with E-state index in [-0.39, 0.29) is 11.7 Å². The van der Waals surface area contributed by atoms with E-state index < -0.39 is 0 Å². The first-order chi connectivity index (χ1) is 11.1. The van der Waals surface area contributed by atoms with E-state index in [0.717, 1.165) is 32.1 Å². The minimum absolute atomic E-state index is 0.124. The average Bonchev–Trinajstić information content (AvgIpc) is 2.94. The van der Waals surface area contributed by atoms with Gasteiger partial charge in [0.1, 0.15) is 5.82 Å². The van der Waals surface area contributed by atoms with Gasteiger partial charge < -0.3 is 14.8 Å². The van der Waals surface area contributed by atoms with Gasteiger partial charge in [-0.15, -0.1) is 0 Å². The van der Waals surface area contributed by atoms with Crippen molar-refractivity contribution in [2.45, 2.75) is 0 Å². The Morgan fingerprint density at radius 2 is 2.09 bits per heavy atom. The van der Waals surface area contributed by atoms with Crippen molar-refractivity contribution in [1.29, 1.82) is 0 Å². The maximum Gasteiger partial charge on any atom is 0.238 e. The summed E-state index contributed by atoms with van der Waals surface area (Å²) in [5.74, 6) is 0.474. The Bertz CT molecular complexity index is 679. The lowest BCUT2D eigenvalue weighted by molar-refractivity contribution is -0.117. The first-order valence-electron chi connectivity index (χ1n) is 7.62. The van der Waals surface area contributed by atoms with Crippen LogP contribution >= 0.6 is 0 Å². The molecule has 0 atom stereocenters. The molecular weight excluding hydrogens is 297 g/mol. The van der Waals surface area contributed by atoms with Crippen LogP contribution in [0.25, 0.3) is 0 Å². The summed E-state index contributed by atoms with van der Waals surface area (Å²) in [6.45, 7) is 3.56. The van der Waals surface area contributed by atoms with Gasteiger partial charge >= 0.3 is 0 Å². The summed E-state index contributed by atoms with van der Waals surface area (Å²) in [7, 11) is 1.97. The molecule has 7 heteroatoms. The van der Waals surface area contributed by atoms with Crippen molar-refractivity contribution < 1.29 is 9.18 Å². The summed E-state index contributed by atoms with van der Waals surface area (Å²) < 4.78 is 15.1. The van der Waals surface area contributed by atoms with Crippen LogP contribution in [0.5, 0.6) is 0 Å². The van der Waals surface area contributed by atoms with Crippen LogP contribution in [0.2, 0.25) is 0 Å². The van der Waals surface area contributed by atoms with Crippen molar-refractivity contribution in [1.82, 2.24) is 14.5 Å². The lowest BCUT2D eigenvalue weighted by atomic mass is 10.3. The summed E-state index contributed by atoms with van der Waals surface area (Å²) >= 11 is 0. The second kappa shape index (κ2) is 6.78. The first kappa shape index (κ1) is 15.5. The van der Waals surface area contributed by atoms with E-state index in [2.05, 4.69) is 20.1 Å². The predicted octanol–water partition coefficient (Wildman–Crippen LogP) is 1.32. The number of nitrogens with one attached hydrogen (secondary N) is 1. The molecule has 1 aliphatic rings. The Labute approximate surface area is 134 Å². The zero-order chi connectivity index (χ0) is 16.2. The molecule has 1 aromatic carbocycles. The van der Waals surface area contributed by atoms with Crippen LogP contribution in [0.1, 0.15) is 0 Å². The van der Waals surface area contributed by atoms with Gasteiger partial charge in [-0.2, -0.15) is 0 Å². The molecule has 0 radical (unpaired) electrons. The number of hydrogen-bond acceptors (Lipinski definition) is 4. The summed E-state index contributed by atoms with van der Waals surface area (Å²) in [6, 6.07) is 5.93. The fourth-order valence-corrected chi connectivity index (χ4v) is 2.74. The minimum atomic E-state index is -0.355. The third-order valence-corrected chi connectivity index (χ3v) is 3.93. The van der Waals surface area contributed by atoms with Gasteiger partial charge in [0, 0.05) is 51.3 Å². The Balaban J connectivity index is 1.49. The molecule has 0 spiro atoms. The van der Waals surface area contributed by atoms with E-state index in [1.54, 1.807) is 18.3 Å². The molecule has 1 fully saturated rings. The van der Waals surface area contributed by atoms with Crippen molar-refractivity contribution in [2.24, 2.45) is 7.05 Å². The molecule has 1 aromatic heterocycles. The largest absolute Gasteiger partial charge is 0.340 e. The normalized spacial score (nSPS) is 15.7. The zero-order valence-corrected chi connectivity index (χ0v) is 13.1. The summed E-state index contributed by atoms with van der Waals surface area (Å²) in [4.78, 5) is 20.7. The monoisotopic (exact) mass is 317 g/mol. The van der Waals surface area contributed by atoms with Crippen molar-refractivity contribution in [3.63, 3.8) is 0 Å². The molecule has 1 amide bonds. The number of aryl methyl sites for hydroxylation is 1. The van der Waals surface area contributed by atoms with Gasteiger partial charge in [0.05, 0.1) is 6.54 Å². The quantitative estimate of drug-likeness (QED) is 0.924. The van der Waals surface area contributed by atoms with Gasteiger partial charge in [-0.3, -0.25) is 9.69 Å². The van der Waals surface area contributed by atoms with Crippen LogP contribution in [0.15, 0.2) is 36.7 Å². The fraction of sp³-hybridized carbons (Fsp3) is 0.375. The number of amides is 1. The Morgan fingerprint density at radius 1 is 1.30 bits per heavy atom. The third-order valence-electron chi connectivity index (χ3n) is 3.93. The number of imidazole rings is 1. The Hall–Kier alpha value is -2.41. The van der Waals surface area contributed by atoms with E-state index in [0.29, 0.717) is 12.2 Å². The maximum atomic E-state index is 13.1. The number of halogens is 1. The Kier molecular flexibility index (Phi) is 4.57. The van der Waals surface area contributed by atoms with Gasteiger partial charge in [0.2, 0.25) is 11.9 Å². The molecule has 2 heterocycles. The number of anilines is 2. The number of piperazine rings is 1. The SMILES string of the molecule is Cn1ccnc1N1CCN(CC(=O)Nc2cccc(F)c2)CC1. The lowest BCUT2D eigenvalue weighted by Gasteiger charge is -2.34. The predicted molar refractivity (Wildman–Crippen MR) is 86.9 cm³/mol. The van der Waals surface area contributed by atoms with Crippen LogP contribution in [-0.4, -0.2) is 53.1 Å². The standard InChI is InChI=1S/C16H20FN5O/c1-20-6-5-18-16(20)22-9-7-21(8-10-22)12-15(23)19-14-4-2-3-13(17)11-14/h2-6,11H,7-10,12H2,1H3,(H,19,23). The summed E-state index contributed by atoms with van der Waals surface area (Å²) in [6.07, 6.45) is 3.71. The first-order valence-corrected chi connectivity index (χ1v) is 7.62. The molecule has 23 heavy (non-hydrogen) atoms. The topological polar surface area (TPSA) is 53.4 Å². The van der Waals surface area contributed by atoms with Gasteiger partial charge in [-0.1, -0.05) is 6.07 Å². The molecule has 0 unspecified atom stereocenters. The van der Waals surface area contributed by atoms with Crippen LogP contribution in [0.3, 0.4) is 0 Å². The van der Waals surface area contributed by atoms with Gasteiger partial charge in [-0.05, 0) is 18.2 Å². The number of rotatable bonds is 4. The van der Waals surface area contributed by atoms with Crippen molar-refractivity contribution in [2.75, 3.05) is 42.9 Å². The fourth-order valence-electron chi connectivity index (χ4n) is 2.74. The van der Waals surface area contributed by atoms with Crippen molar-refractivity contribution in [3.05, 3.63) is 42.5 Å². The van der Waals surface area contributed by atoms with E-state index in [9.17, 15) is 9.18 Å². The van der Waals surface area contributed by atoms with E-state index in [1.807, 2.05) is 17.8 Å². The van der Waals surface area contributed by atoms with Crippen LogP contribution in [0.4, 0.5) is 16.0 Å². The molecule has 2 aromatic rings. The Morgan fingerprint density at radius 3 is 2.74 bits per heavy atom. The molecule has 1 N–H and O–H groups in total. The van der Waals surface area contributed by atoms with Gasteiger partial charge in [0.15, 0.2) is 0 Å². The van der Waals surface area contributed by atoms with Gasteiger partial charge in [0.25, 0.3) is 0 Å². The molecule has 3 rings (SSSR count). The molecule has 6 nitrogen and oxygen atoms in total. The molecule has 0 saturated carbocycles. The van der Waals surface area contributed by atoms with Crippen LogP contribution in [-0.2, 0) is 11.8 Å². The maximum absolute atomic E-state index is 13.1. The molecule has 0 aliphatic carbocycles. The zero-order valence-electron chi connectivity index (χ0n) is 13.1. The summed E-state index contributed by atoms with van der Waals surface area (Å²) in [5.41, 5.74) is 0.488. The smallest absolute Gasteiger partial charge is 0.238 e. The molecule has 0 bridgehead atoms. The van der Waals surface area contributed by atoms with Gasteiger partial charge in [-0.25, -0.2) is 9.37 Å². The average molecular weight is 317 g/mol. The third kappa shape index (κ3) is 3.87. The lowest BCUT2D eigenvalue weighted by Crippen LogP contribution is -2.49.